The second-order valence-corrected chi connectivity index (χ2v) is 8.40. The molecule has 2 aromatic carbocycles. The number of carbonyl (C=O) groups is 2. The summed E-state index contributed by atoms with van der Waals surface area (Å²) in [7, 11) is 1.43. The Morgan fingerprint density at radius 1 is 1.24 bits per heavy atom. The van der Waals surface area contributed by atoms with E-state index in [1.54, 1.807) is 12.1 Å². The Morgan fingerprint density at radius 2 is 2.00 bits per heavy atom. The van der Waals surface area contributed by atoms with E-state index in [0.29, 0.717) is 21.3 Å². The van der Waals surface area contributed by atoms with Gasteiger partial charge in [0.15, 0.2) is 0 Å². The molecule has 6 nitrogen and oxygen atoms in total. The molecule has 3 amide bonds. The molecule has 0 bridgehead atoms. The number of carbonyl (C=O) groups excluding carboxylic acids is 2. The third-order valence-electron chi connectivity index (χ3n) is 5.44. The Bertz CT molecular complexity index is 993. The van der Waals surface area contributed by atoms with Gasteiger partial charge in [-0.05, 0) is 57.9 Å². The number of anilines is 2. The maximum Gasteiger partial charge on any atom is 0.327 e. The Kier molecular flexibility index (Phi) is 5.21. The SMILES string of the molecule is CN1C(=O)CN(Cc2ccc(-c3ccc(NCC4CC4)c(N)c3Br)cc2F)C1=O. The number of nitrogens with zero attached hydrogens (tertiary/aromatic N) is 2. The second kappa shape index (κ2) is 7.67. The van der Waals surface area contributed by atoms with Crippen molar-refractivity contribution in [3.05, 3.63) is 46.2 Å². The van der Waals surface area contributed by atoms with Gasteiger partial charge in [-0.1, -0.05) is 18.2 Å². The molecule has 8 heteroatoms. The van der Waals surface area contributed by atoms with Gasteiger partial charge in [-0.25, -0.2) is 9.18 Å². The molecule has 0 unspecified atom stereocenters. The molecule has 2 aliphatic rings. The van der Waals surface area contributed by atoms with E-state index in [0.717, 1.165) is 28.6 Å². The first-order valence-corrected chi connectivity index (χ1v) is 10.3. The molecule has 152 valence electrons. The van der Waals surface area contributed by atoms with E-state index < -0.39 is 11.8 Å². The highest BCUT2D eigenvalue weighted by Gasteiger charge is 2.33. The molecule has 3 N–H and O–H groups in total. The van der Waals surface area contributed by atoms with Crippen molar-refractivity contribution in [3.8, 4) is 11.1 Å². The summed E-state index contributed by atoms with van der Waals surface area (Å²) >= 11 is 3.54. The Hall–Kier alpha value is -2.61. The summed E-state index contributed by atoms with van der Waals surface area (Å²) in [4.78, 5) is 26.0. The largest absolute Gasteiger partial charge is 0.396 e. The number of hydrogen-bond acceptors (Lipinski definition) is 4. The third-order valence-corrected chi connectivity index (χ3v) is 6.30. The van der Waals surface area contributed by atoms with Crippen LogP contribution in [0.15, 0.2) is 34.8 Å². The van der Waals surface area contributed by atoms with E-state index in [1.165, 1.54) is 30.9 Å². The van der Waals surface area contributed by atoms with Crippen LogP contribution in [0.3, 0.4) is 0 Å². The summed E-state index contributed by atoms with van der Waals surface area (Å²) in [6.07, 6.45) is 2.51. The predicted octanol–water partition coefficient (Wildman–Crippen LogP) is 4.05. The number of hydrogen-bond donors (Lipinski definition) is 2. The first kappa shape index (κ1) is 19.7. The fourth-order valence-electron chi connectivity index (χ4n) is 3.37. The normalized spacial score (nSPS) is 16.7. The van der Waals surface area contributed by atoms with Crippen LogP contribution in [0, 0.1) is 11.7 Å². The highest BCUT2D eigenvalue weighted by atomic mass is 79.9. The molecular formula is C21H22BrFN4O2. The van der Waals surface area contributed by atoms with Crippen LogP contribution in [0.5, 0.6) is 0 Å². The number of benzene rings is 2. The summed E-state index contributed by atoms with van der Waals surface area (Å²) in [5.74, 6) is 0.00703. The maximum atomic E-state index is 14.7. The zero-order valence-electron chi connectivity index (χ0n) is 16.0. The molecular weight excluding hydrogens is 439 g/mol. The minimum absolute atomic E-state index is 0.0338. The van der Waals surface area contributed by atoms with Crippen molar-refractivity contribution < 1.29 is 14.0 Å². The van der Waals surface area contributed by atoms with Crippen LogP contribution in [0.25, 0.3) is 11.1 Å². The van der Waals surface area contributed by atoms with Crippen LogP contribution in [0.4, 0.5) is 20.6 Å². The van der Waals surface area contributed by atoms with Gasteiger partial charge in [0.2, 0.25) is 5.91 Å². The number of halogens is 2. The Morgan fingerprint density at radius 3 is 2.62 bits per heavy atom. The third kappa shape index (κ3) is 3.94. The number of imide groups is 1. The first-order chi connectivity index (χ1) is 13.8. The second-order valence-electron chi connectivity index (χ2n) is 7.61. The summed E-state index contributed by atoms with van der Waals surface area (Å²) in [6.45, 7) is 0.925. The van der Waals surface area contributed by atoms with Crippen molar-refractivity contribution in [2.24, 2.45) is 5.92 Å². The molecule has 2 aromatic rings. The minimum atomic E-state index is -0.432. The van der Waals surface area contributed by atoms with Gasteiger partial charge in [-0.3, -0.25) is 9.69 Å². The van der Waals surface area contributed by atoms with Gasteiger partial charge >= 0.3 is 6.03 Å². The van der Waals surface area contributed by atoms with Crippen molar-refractivity contribution in [2.75, 3.05) is 31.2 Å². The average molecular weight is 461 g/mol. The molecule has 0 radical (unpaired) electrons. The number of nitrogens with one attached hydrogen (secondary N) is 1. The monoisotopic (exact) mass is 460 g/mol. The lowest BCUT2D eigenvalue weighted by atomic mass is 10.0. The molecule has 1 aliphatic heterocycles. The molecule has 0 spiro atoms. The van der Waals surface area contributed by atoms with Gasteiger partial charge in [0, 0.05) is 19.2 Å². The van der Waals surface area contributed by atoms with Crippen molar-refractivity contribution in [3.63, 3.8) is 0 Å². The number of nitrogen functional groups attached to an aromatic ring is 1. The van der Waals surface area contributed by atoms with E-state index >= 15 is 0 Å². The Labute approximate surface area is 177 Å². The zero-order valence-corrected chi connectivity index (χ0v) is 17.6. The molecule has 1 heterocycles. The van der Waals surface area contributed by atoms with Gasteiger partial charge < -0.3 is 16.0 Å². The van der Waals surface area contributed by atoms with Crippen LogP contribution in [0.1, 0.15) is 18.4 Å². The van der Waals surface area contributed by atoms with Crippen LogP contribution < -0.4 is 11.1 Å². The first-order valence-electron chi connectivity index (χ1n) is 9.51. The maximum absolute atomic E-state index is 14.7. The molecule has 29 heavy (non-hydrogen) atoms. The number of likely N-dealkylation sites (N-methyl/N-ethyl adjacent to an activating group) is 1. The lowest BCUT2D eigenvalue weighted by Gasteiger charge is -2.17. The molecule has 2 fully saturated rings. The van der Waals surface area contributed by atoms with E-state index in [-0.39, 0.29) is 19.0 Å². The molecule has 0 atom stereocenters. The van der Waals surface area contributed by atoms with Crippen molar-refractivity contribution >= 4 is 39.2 Å². The number of nitrogens with two attached hydrogens (primary N) is 1. The van der Waals surface area contributed by atoms with Crippen LogP contribution in [0.2, 0.25) is 0 Å². The molecule has 1 saturated carbocycles. The fourth-order valence-corrected chi connectivity index (χ4v) is 3.95. The molecule has 4 rings (SSSR count). The van der Waals surface area contributed by atoms with Crippen LogP contribution >= 0.6 is 15.9 Å². The minimum Gasteiger partial charge on any atom is -0.396 e. The number of rotatable bonds is 6. The topological polar surface area (TPSA) is 78.7 Å². The highest BCUT2D eigenvalue weighted by molar-refractivity contribution is 9.10. The van der Waals surface area contributed by atoms with Gasteiger partial charge in [0.25, 0.3) is 0 Å². The van der Waals surface area contributed by atoms with E-state index in [4.69, 9.17) is 5.73 Å². The van der Waals surface area contributed by atoms with Crippen LogP contribution in [-0.4, -0.2) is 41.9 Å². The Balaban J connectivity index is 1.53. The van der Waals surface area contributed by atoms with E-state index in [9.17, 15) is 14.0 Å². The summed E-state index contributed by atoms with van der Waals surface area (Å²) in [6, 6.07) is 8.26. The molecule has 0 aromatic heterocycles. The highest BCUT2D eigenvalue weighted by Crippen LogP contribution is 2.38. The number of urea groups is 1. The summed E-state index contributed by atoms with van der Waals surface area (Å²) in [5.41, 5.74) is 9.55. The van der Waals surface area contributed by atoms with E-state index in [2.05, 4.69) is 21.2 Å². The standard InChI is InChI=1S/C21H22BrFN4O2/c1-26-18(28)11-27(21(26)29)10-14-5-4-13(8-16(14)23)15-6-7-17(20(24)19(15)22)25-9-12-2-3-12/h4-8,12,25H,2-3,9-11,24H2,1H3. The number of amides is 3. The molecule has 1 aliphatic carbocycles. The van der Waals surface area contributed by atoms with Crippen molar-refractivity contribution in [1.82, 2.24) is 9.80 Å². The van der Waals surface area contributed by atoms with Gasteiger partial charge in [-0.2, -0.15) is 0 Å². The van der Waals surface area contributed by atoms with Gasteiger partial charge in [-0.15, -0.1) is 0 Å². The lowest BCUT2D eigenvalue weighted by molar-refractivity contribution is -0.124. The van der Waals surface area contributed by atoms with E-state index in [1.807, 2.05) is 12.1 Å². The predicted molar refractivity (Wildman–Crippen MR) is 114 cm³/mol. The van der Waals surface area contributed by atoms with Gasteiger partial charge in [0.1, 0.15) is 12.4 Å². The van der Waals surface area contributed by atoms with Crippen molar-refractivity contribution in [1.29, 1.82) is 0 Å². The molecule has 1 saturated heterocycles. The van der Waals surface area contributed by atoms with Gasteiger partial charge in [0.05, 0.1) is 22.4 Å². The quantitative estimate of drug-likeness (QED) is 0.503. The lowest BCUT2D eigenvalue weighted by Crippen LogP contribution is -2.29. The van der Waals surface area contributed by atoms with Crippen LogP contribution in [-0.2, 0) is 11.3 Å². The summed E-state index contributed by atoms with van der Waals surface area (Å²) < 4.78 is 15.5. The average Bonchev–Trinajstić information content (AvgIpc) is 3.49. The smallest absolute Gasteiger partial charge is 0.327 e. The summed E-state index contributed by atoms with van der Waals surface area (Å²) in [5, 5.41) is 3.37. The van der Waals surface area contributed by atoms with Crippen molar-refractivity contribution in [2.45, 2.75) is 19.4 Å². The zero-order chi connectivity index (χ0) is 20.7. The fraction of sp³-hybridized carbons (Fsp3) is 0.333.